The fourth-order valence-corrected chi connectivity index (χ4v) is 3.06. The van der Waals surface area contributed by atoms with E-state index in [9.17, 15) is 0 Å². The lowest BCUT2D eigenvalue weighted by Gasteiger charge is -2.01. The maximum atomic E-state index is 3.29. The topological polar surface area (TPSA) is 0 Å². The number of hydrogen-bond acceptors (Lipinski definition) is 0. The molecule has 142 valence electrons. The first-order valence-corrected chi connectivity index (χ1v) is 10.7. The van der Waals surface area contributed by atoms with E-state index in [1.54, 1.807) is 0 Å². The van der Waals surface area contributed by atoms with Crippen molar-refractivity contribution < 1.29 is 0 Å². The Morgan fingerprint density at radius 3 is 1.70 bits per heavy atom. The molecule has 0 unspecified atom stereocenters. The third kappa shape index (κ3) is 8.78. The fraction of sp³-hybridized carbons (Fsp3) is 0.407. The molecule has 0 amide bonds. The molecule has 0 atom stereocenters. The quantitative estimate of drug-likeness (QED) is 0.234. The molecule has 0 nitrogen and oxygen atoms in total. The zero-order chi connectivity index (χ0) is 19.2. The van der Waals surface area contributed by atoms with Gasteiger partial charge in [-0.25, -0.2) is 0 Å². The summed E-state index contributed by atoms with van der Waals surface area (Å²) in [4.78, 5) is 0. The Hall–Kier alpha value is -2.26. The van der Waals surface area contributed by atoms with E-state index in [1.807, 2.05) is 0 Å². The van der Waals surface area contributed by atoms with E-state index < -0.39 is 0 Å². The standard InChI is InChI=1S/C27H34/c1-3-5-7-9-11-13-25-16-20-27(21-17-25)23-22-26-18-14-24(15-19-26)12-10-8-6-4-2/h7,9,14-21H,3-6,8,10-13H2,1-2H3. The molecular weight excluding hydrogens is 324 g/mol. The summed E-state index contributed by atoms with van der Waals surface area (Å²) in [5, 5.41) is 0. The highest BCUT2D eigenvalue weighted by molar-refractivity contribution is 5.44. The maximum Gasteiger partial charge on any atom is 0.0249 e. The van der Waals surface area contributed by atoms with Crippen molar-refractivity contribution >= 4 is 0 Å². The molecule has 0 fully saturated rings. The predicted octanol–water partition coefficient (Wildman–Crippen LogP) is 7.50. The van der Waals surface area contributed by atoms with Crippen LogP contribution in [0.4, 0.5) is 0 Å². The van der Waals surface area contributed by atoms with Crippen LogP contribution < -0.4 is 0 Å². The molecule has 2 aromatic carbocycles. The Balaban J connectivity index is 1.82. The lowest BCUT2D eigenvalue weighted by molar-refractivity contribution is 0.667. The van der Waals surface area contributed by atoms with Gasteiger partial charge in [0.1, 0.15) is 0 Å². The van der Waals surface area contributed by atoms with Crippen LogP contribution in [-0.4, -0.2) is 0 Å². The lowest BCUT2D eigenvalue weighted by Crippen LogP contribution is -1.86. The van der Waals surface area contributed by atoms with Crippen LogP contribution in [0.15, 0.2) is 60.7 Å². The minimum absolute atomic E-state index is 1.09. The van der Waals surface area contributed by atoms with Crippen LogP contribution in [0, 0.1) is 11.8 Å². The molecule has 0 heteroatoms. The van der Waals surface area contributed by atoms with Crippen LogP contribution in [0.2, 0.25) is 0 Å². The minimum atomic E-state index is 1.09. The maximum absolute atomic E-state index is 3.29. The Kier molecular flexibility index (Phi) is 10.1. The second-order valence-electron chi connectivity index (χ2n) is 7.25. The molecule has 2 rings (SSSR count). The molecule has 0 spiro atoms. The van der Waals surface area contributed by atoms with Crippen molar-refractivity contribution in [3.05, 3.63) is 82.9 Å². The van der Waals surface area contributed by atoms with E-state index in [0.717, 1.165) is 24.0 Å². The van der Waals surface area contributed by atoms with Crippen molar-refractivity contribution in [2.45, 2.75) is 71.6 Å². The Bertz CT molecular complexity index is 720. The Morgan fingerprint density at radius 1 is 0.593 bits per heavy atom. The lowest BCUT2D eigenvalue weighted by atomic mass is 10.0. The first-order valence-electron chi connectivity index (χ1n) is 10.7. The first-order chi connectivity index (χ1) is 13.3. The van der Waals surface area contributed by atoms with Gasteiger partial charge in [0.15, 0.2) is 0 Å². The highest BCUT2D eigenvalue weighted by atomic mass is 14.0. The third-order valence-electron chi connectivity index (χ3n) is 4.80. The normalized spacial score (nSPS) is 10.7. The van der Waals surface area contributed by atoms with Crippen molar-refractivity contribution in [3.8, 4) is 11.8 Å². The van der Waals surface area contributed by atoms with Crippen molar-refractivity contribution in [2.24, 2.45) is 0 Å². The van der Waals surface area contributed by atoms with Crippen molar-refractivity contribution in [3.63, 3.8) is 0 Å². The van der Waals surface area contributed by atoms with Crippen LogP contribution in [0.25, 0.3) is 0 Å². The molecule has 0 aliphatic carbocycles. The zero-order valence-corrected chi connectivity index (χ0v) is 17.1. The molecule has 0 aromatic heterocycles. The van der Waals surface area contributed by atoms with E-state index in [2.05, 4.69) is 86.4 Å². The van der Waals surface area contributed by atoms with Crippen LogP contribution >= 0.6 is 0 Å². The van der Waals surface area contributed by atoms with E-state index in [0.29, 0.717) is 0 Å². The number of hydrogen-bond donors (Lipinski definition) is 0. The highest BCUT2D eigenvalue weighted by Crippen LogP contribution is 2.10. The van der Waals surface area contributed by atoms with Gasteiger partial charge >= 0.3 is 0 Å². The Morgan fingerprint density at radius 2 is 1.15 bits per heavy atom. The molecule has 0 aliphatic rings. The summed E-state index contributed by atoms with van der Waals surface area (Å²) >= 11 is 0. The summed E-state index contributed by atoms with van der Waals surface area (Å²) in [6, 6.07) is 17.4. The summed E-state index contributed by atoms with van der Waals surface area (Å²) in [6.45, 7) is 4.47. The average Bonchev–Trinajstić information content (AvgIpc) is 2.71. The van der Waals surface area contributed by atoms with Gasteiger partial charge in [-0.3, -0.25) is 0 Å². The fourth-order valence-electron chi connectivity index (χ4n) is 3.06. The van der Waals surface area contributed by atoms with Gasteiger partial charge < -0.3 is 0 Å². The van der Waals surface area contributed by atoms with Gasteiger partial charge in [-0.05, 0) is 67.5 Å². The highest BCUT2D eigenvalue weighted by Gasteiger charge is 1.95. The van der Waals surface area contributed by atoms with Gasteiger partial charge in [-0.15, -0.1) is 0 Å². The second-order valence-corrected chi connectivity index (χ2v) is 7.25. The molecule has 0 saturated carbocycles. The number of unbranched alkanes of at least 4 members (excludes halogenated alkanes) is 4. The monoisotopic (exact) mass is 358 g/mol. The summed E-state index contributed by atoms with van der Waals surface area (Å²) < 4.78 is 0. The van der Waals surface area contributed by atoms with E-state index in [-0.39, 0.29) is 0 Å². The number of aryl methyl sites for hydroxylation is 2. The minimum Gasteiger partial charge on any atom is -0.0885 e. The first kappa shape index (κ1) is 21.0. The number of rotatable bonds is 10. The number of benzene rings is 2. The third-order valence-corrected chi connectivity index (χ3v) is 4.80. The van der Waals surface area contributed by atoms with E-state index >= 15 is 0 Å². The Labute approximate surface area is 166 Å². The van der Waals surface area contributed by atoms with E-state index in [1.165, 1.54) is 56.1 Å². The number of allylic oxidation sites excluding steroid dienone is 2. The van der Waals surface area contributed by atoms with Gasteiger partial charge in [0.05, 0.1) is 0 Å². The van der Waals surface area contributed by atoms with Crippen LogP contribution in [0.5, 0.6) is 0 Å². The summed E-state index contributed by atoms with van der Waals surface area (Å²) in [5.74, 6) is 6.58. The van der Waals surface area contributed by atoms with Crippen LogP contribution in [-0.2, 0) is 12.8 Å². The van der Waals surface area contributed by atoms with Crippen molar-refractivity contribution in [1.29, 1.82) is 0 Å². The van der Waals surface area contributed by atoms with Gasteiger partial charge in [-0.1, -0.05) is 87.8 Å². The molecule has 2 aromatic rings. The molecule has 0 heterocycles. The van der Waals surface area contributed by atoms with Crippen molar-refractivity contribution in [1.82, 2.24) is 0 Å². The summed E-state index contributed by atoms with van der Waals surface area (Å²) in [7, 11) is 0. The van der Waals surface area contributed by atoms with Gasteiger partial charge in [-0.2, -0.15) is 0 Å². The molecule has 0 aliphatic heterocycles. The largest absolute Gasteiger partial charge is 0.0885 e. The van der Waals surface area contributed by atoms with Crippen molar-refractivity contribution in [2.75, 3.05) is 0 Å². The molecule has 27 heavy (non-hydrogen) atoms. The van der Waals surface area contributed by atoms with Gasteiger partial charge in [0.25, 0.3) is 0 Å². The molecular formula is C27H34. The molecule has 0 N–H and O–H groups in total. The van der Waals surface area contributed by atoms with E-state index in [4.69, 9.17) is 0 Å². The molecule has 0 radical (unpaired) electrons. The van der Waals surface area contributed by atoms with Crippen LogP contribution in [0.3, 0.4) is 0 Å². The zero-order valence-electron chi connectivity index (χ0n) is 17.1. The van der Waals surface area contributed by atoms with Gasteiger partial charge in [0.2, 0.25) is 0 Å². The average molecular weight is 359 g/mol. The molecule has 0 bridgehead atoms. The smallest absolute Gasteiger partial charge is 0.0249 e. The van der Waals surface area contributed by atoms with Crippen LogP contribution in [0.1, 0.15) is 81.0 Å². The predicted molar refractivity (Wildman–Crippen MR) is 119 cm³/mol. The van der Waals surface area contributed by atoms with Gasteiger partial charge in [0, 0.05) is 11.1 Å². The molecule has 0 saturated heterocycles. The second kappa shape index (κ2) is 13.0. The SMILES string of the molecule is CCCC=CCCc1ccc(C#Cc2ccc(CCCCCC)cc2)cc1. The summed E-state index contributed by atoms with van der Waals surface area (Å²) in [5.41, 5.74) is 4.99. The summed E-state index contributed by atoms with van der Waals surface area (Å²) in [6.07, 6.45) is 15.7.